The van der Waals surface area contributed by atoms with Crippen molar-refractivity contribution < 1.29 is 9.90 Å². The van der Waals surface area contributed by atoms with Crippen LogP contribution in [0.4, 0.5) is 0 Å². The molecule has 0 aliphatic heterocycles. The fourth-order valence-electron chi connectivity index (χ4n) is 3.19. The molecule has 0 bridgehead atoms. The molecule has 1 saturated carbocycles. The minimum absolute atomic E-state index is 0.128. The molecule has 1 fully saturated rings. The Kier molecular flexibility index (Phi) is 6.24. The molecular formula is C18H27NO2. The summed E-state index contributed by atoms with van der Waals surface area (Å²) in [6.07, 6.45) is 5.79. The molecule has 2 rings (SSSR count). The van der Waals surface area contributed by atoms with Crippen LogP contribution in [0.3, 0.4) is 0 Å². The maximum atomic E-state index is 12.1. The van der Waals surface area contributed by atoms with Crippen LogP contribution in [-0.4, -0.2) is 23.7 Å². The second kappa shape index (κ2) is 8.18. The molecule has 3 atom stereocenters. The summed E-state index contributed by atoms with van der Waals surface area (Å²) in [7, 11) is 0. The third-order valence-corrected chi connectivity index (χ3v) is 4.66. The van der Waals surface area contributed by atoms with E-state index in [0.29, 0.717) is 12.3 Å². The normalized spacial score (nSPS) is 23.5. The van der Waals surface area contributed by atoms with Crippen LogP contribution in [0.25, 0.3) is 0 Å². The Balaban J connectivity index is 1.76. The van der Waals surface area contributed by atoms with Crippen LogP contribution in [0.5, 0.6) is 0 Å². The van der Waals surface area contributed by atoms with Gasteiger partial charge in [-0.05, 0) is 30.7 Å². The van der Waals surface area contributed by atoms with Crippen LogP contribution in [0.15, 0.2) is 30.3 Å². The molecule has 1 aromatic rings. The van der Waals surface area contributed by atoms with Crippen LogP contribution in [0.1, 0.15) is 56.9 Å². The monoisotopic (exact) mass is 289 g/mol. The van der Waals surface area contributed by atoms with Crippen molar-refractivity contribution in [3.63, 3.8) is 0 Å². The summed E-state index contributed by atoms with van der Waals surface area (Å²) in [5, 5.41) is 12.5. The van der Waals surface area contributed by atoms with Gasteiger partial charge >= 0.3 is 0 Å². The number of benzene rings is 1. The molecule has 1 aliphatic carbocycles. The van der Waals surface area contributed by atoms with Gasteiger partial charge in [0, 0.05) is 25.0 Å². The van der Waals surface area contributed by atoms with Crippen LogP contribution < -0.4 is 5.32 Å². The molecule has 1 aliphatic rings. The number of carbonyl (C=O) groups is 1. The lowest BCUT2D eigenvalue weighted by Crippen LogP contribution is -2.43. The van der Waals surface area contributed by atoms with Crippen LogP contribution in [0, 0.1) is 5.92 Å². The van der Waals surface area contributed by atoms with Gasteiger partial charge in [0.15, 0.2) is 0 Å². The van der Waals surface area contributed by atoms with Crippen molar-refractivity contribution in [3.8, 4) is 0 Å². The van der Waals surface area contributed by atoms with Crippen LogP contribution in [-0.2, 0) is 4.79 Å². The average molecular weight is 289 g/mol. The lowest BCUT2D eigenvalue weighted by atomic mass is 9.85. The largest absolute Gasteiger partial charge is 0.396 e. The Hall–Kier alpha value is -1.35. The van der Waals surface area contributed by atoms with Gasteiger partial charge in [0.25, 0.3) is 0 Å². The molecule has 0 saturated heterocycles. The number of amides is 1. The highest BCUT2D eigenvalue weighted by Crippen LogP contribution is 2.24. The van der Waals surface area contributed by atoms with Crippen molar-refractivity contribution in [3.05, 3.63) is 35.9 Å². The summed E-state index contributed by atoms with van der Waals surface area (Å²) in [5.74, 6) is 0.773. The highest BCUT2D eigenvalue weighted by Gasteiger charge is 2.25. The first-order chi connectivity index (χ1) is 10.2. The third-order valence-electron chi connectivity index (χ3n) is 4.66. The first kappa shape index (κ1) is 16.0. The third kappa shape index (κ3) is 4.85. The molecular weight excluding hydrogens is 262 g/mol. The number of nitrogens with one attached hydrogen (secondary N) is 1. The zero-order chi connectivity index (χ0) is 15.1. The van der Waals surface area contributed by atoms with Crippen molar-refractivity contribution >= 4 is 5.91 Å². The standard InChI is InChI=1S/C18H27NO2/c1-14(15-7-3-2-4-8-15)11-12-18(21)19-17-10-6-5-9-16(17)13-20/h2-4,7-8,14,16-17,20H,5-6,9-13H2,1H3,(H,19,21). The molecule has 1 aromatic carbocycles. The summed E-state index contributed by atoms with van der Waals surface area (Å²) >= 11 is 0. The lowest BCUT2D eigenvalue weighted by Gasteiger charge is -2.31. The highest BCUT2D eigenvalue weighted by molar-refractivity contribution is 5.76. The minimum Gasteiger partial charge on any atom is -0.396 e. The maximum Gasteiger partial charge on any atom is 0.220 e. The summed E-state index contributed by atoms with van der Waals surface area (Å²) < 4.78 is 0. The topological polar surface area (TPSA) is 49.3 Å². The van der Waals surface area contributed by atoms with E-state index in [2.05, 4.69) is 24.4 Å². The van der Waals surface area contributed by atoms with E-state index in [0.717, 1.165) is 25.7 Å². The molecule has 0 spiro atoms. The SMILES string of the molecule is CC(CCC(=O)NC1CCCCC1CO)c1ccccc1. The number of hydrogen-bond donors (Lipinski definition) is 2. The summed E-state index contributed by atoms with van der Waals surface area (Å²) in [5.41, 5.74) is 1.29. The number of carbonyl (C=O) groups excluding carboxylic acids is 1. The van der Waals surface area contributed by atoms with E-state index in [1.807, 2.05) is 18.2 Å². The molecule has 3 heteroatoms. The van der Waals surface area contributed by atoms with E-state index >= 15 is 0 Å². The van der Waals surface area contributed by atoms with Crippen LogP contribution >= 0.6 is 0 Å². The Bertz CT molecular complexity index is 432. The zero-order valence-corrected chi connectivity index (χ0v) is 12.9. The Morgan fingerprint density at radius 1 is 1.29 bits per heavy atom. The second-order valence-electron chi connectivity index (χ2n) is 6.25. The van der Waals surface area contributed by atoms with Crippen molar-refractivity contribution in [1.29, 1.82) is 0 Å². The van der Waals surface area contributed by atoms with Gasteiger partial charge in [-0.1, -0.05) is 50.1 Å². The van der Waals surface area contributed by atoms with Gasteiger partial charge in [-0.2, -0.15) is 0 Å². The van der Waals surface area contributed by atoms with Crippen molar-refractivity contribution in [2.75, 3.05) is 6.61 Å². The van der Waals surface area contributed by atoms with E-state index in [9.17, 15) is 9.90 Å². The fourth-order valence-corrected chi connectivity index (χ4v) is 3.19. The van der Waals surface area contributed by atoms with Crippen molar-refractivity contribution in [2.45, 2.75) is 57.4 Å². The highest BCUT2D eigenvalue weighted by atomic mass is 16.3. The van der Waals surface area contributed by atoms with Crippen LogP contribution in [0.2, 0.25) is 0 Å². The van der Waals surface area contributed by atoms with Crippen molar-refractivity contribution in [2.24, 2.45) is 5.92 Å². The Morgan fingerprint density at radius 2 is 2.00 bits per heavy atom. The fraction of sp³-hybridized carbons (Fsp3) is 0.611. The summed E-state index contributed by atoms with van der Waals surface area (Å²) in [6.45, 7) is 2.35. The number of hydrogen-bond acceptors (Lipinski definition) is 2. The van der Waals surface area contributed by atoms with Gasteiger partial charge < -0.3 is 10.4 Å². The molecule has 0 heterocycles. The predicted octanol–water partition coefficient (Wildman–Crippen LogP) is 3.24. The molecule has 116 valence electrons. The number of rotatable bonds is 6. The summed E-state index contributed by atoms with van der Waals surface area (Å²) in [6, 6.07) is 10.5. The first-order valence-electron chi connectivity index (χ1n) is 8.16. The van der Waals surface area contributed by atoms with Gasteiger partial charge in [0.05, 0.1) is 0 Å². The van der Waals surface area contributed by atoms with E-state index < -0.39 is 0 Å². The van der Waals surface area contributed by atoms with E-state index in [1.54, 1.807) is 0 Å². The Morgan fingerprint density at radius 3 is 2.71 bits per heavy atom. The molecule has 1 amide bonds. The van der Waals surface area contributed by atoms with Gasteiger partial charge in [0.2, 0.25) is 5.91 Å². The van der Waals surface area contributed by atoms with E-state index in [-0.39, 0.29) is 24.5 Å². The quantitative estimate of drug-likeness (QED) is 0.844. The predicted molar refractivity (Wildman–Crippen MR) is 85.1 cm³/mol. The summed E-state index contributed by atoms with van der Waals surface area (Å²) in [4.78, 5) is 12.1. The van der Waals surface area contributed by atoms with Gasteiger partial charge in [0.1, 0.15) is 0 Å². The van der Waals surface area contributed by atoms with Crippen molar-refractivity contribution in [1.82, 2.24) is 5.32 Å². The molecule has 3 unspecified atom stereocenters. The molecule has 2 N–H and O–H groups in total. The number of aliphatic hydroxyl groups excluding tert-OH is 1. The Labute approximate surface area is 127 Å². The van der Waals surface area contributed by atoms with E-state index in [4.69, 9.17) is 0 Å². The lowest BCUT2D eigenvalue weighted by molar-refractivity contribution is -0.122. The molecule has 21 heavy (non-hydrogen) atoms. The smallest absolute Gasteiger partial charge is 0.220 e. The minimum atomic E-state index is 0.128. The van der Waals surface area contributed by atoms with Gasteiger partial charge in [-0.25, -0.2) is 0 Å². The van der Waals surface area contributed by atoms with Gasteiger partial charge in [-0.15, -0.1) is 0 Å². The van der Waals surface area contributed by atoms with E-state index in [1.165, 1.54) is 12.0 Å². The first-order valence-corrected chi connectivity index (χ1v) is 8.16. The number of aliphatic hydroxyl groups is 1. The zero-order valence-electron chi connectivity index (χ0n) is 12.9. The maximum absolute atomic E-state index is 12.1. The molecule has 0 radical (unpaired) electrons. The molecule has 0 aromatic heterocycles. The average Bonchev–Trinajstić information content (AvgIpc) is 2.54. The second-order valence-corrected chi connectivity index (χ2v) is 6.25. The molecule has 3 nitrogen and oxygen atoms in total. The van der Waals surface area contributed by atoms with Gasteiger partial charge in [-0.3, -0.25) is 4.79 Å².